The van der Waals surface area contributed by atoms with Gasteiger partial charge in [0, 0.05) is 11.1 Å². The first-order valence-corrected chi connectivity index (χ1v) is 6.13. The Morgan fingerprint density at radius 1 is 1.21 bits per heavy atom. The lowest BCUT2D eigenvalue weighted by atomic mass is 10.0. The van der Waals surface area contributed by atoms with Gasteiger partial charge in [0.05, 0.1) is 13.5 Å². The van der Waals surface area contributed by atoms with Crippen molar-refractivity contribution in [2.24, 2.45) is 0 Å². The highest BCUT2D eigenvalue weighted by Crippen LogP contribution is 2.29. The molecule has 0 unspecified atom stereocenters. The largest absolute Gasteiger partial charge is 0.497 e. The highest BCUT2D eigenvalue weighted by atomic mass is 16.5. The maximum absolute atomic E-state index is 11.9. The molecule has 98 valence electrons. The molecule has 0 N–H and O–H groups in total. The lowest BCUT2D eigenvalue weighted by Gasteiger charge is -2.03. The van der Waals surface area contributed by atoms with Gasteiger partial charge in [-0.25, -0.2) is 0 Å². The van der Waals surface area contributed by atoms with E-state index in [2.05, 4.69) is 0 Å². The Bertz CT molecular complexity index is 602. The number of ketones is 2. The molecule has 0 heterocycles. The molecule has 0 amide bonds. The van der Waals surface area contributed by atoms with Gasteiger partial charge in [-0.3, -0.25) is 9.59 Å². The maximum Gasteiger partial charge on any atom is 0.171 e. The van der Waals surface area contributed by atoms with Crippen molar-refractivity contribution in [3.05, 3.63) is 46.5 Å². The lowest BCUT2D eigenvalue weighted by Crippen LogP contribution is -1.96. The van der Waals surface area contributed by atoms with E-state index in [1.54, 1.807) is 13.2 Å². The summed E-state index contributed by atoms with van der Waals surface area (Å²) in [6, 6.07) is 7.42. The van der Waals surface area contributed by atoms with Crippen molar-refractivity contribution in [1.82, 2.24) is 0 Å². The van der Waals surface area contributed by atoms with E-state index < -0.39 is 0 Å². The van der Waals surface area contributed by atoms with Crippen LogP contribution in [0, 0.1) is 0 Å². The number of carbonyl (C=O) groups excluding carboxylic acids is 2. The third-order valence-electron chi connectivity index (χ3n) is 3.07. The number of carbonyl (C=O) groups is 2. The second-order valence-electron chi connectivity index (χ2n) is 4.73. The van der Waals surface area contributed by atoms with E-state index in [1.165, 1.54) is 0 Å². The molecule has 1 aromatic carbocycles. The minimum atomic E-state index is -0.107. The zero-order valence-corrected chi connectivity index (χ0v) is 11.3. The summed E-state index contributed by atoms with van der Waals surface area (Å²) in [7, 11) is 1.60. The Kier molecular flexibility index (Phi) is 3.65. The third-order valence-corrected chi connectivity index (χ3v) is 3.07. The molecule has 2 rings (SSSR count). The van der Waals surface area contributed by atoms with Gasteiger partial charge in [-0.1, -0.05) is 17.7 Å². The monoisotopic (exact) mass is 256 g/mol. The summed E-state index contributed by atoms with van der Waals surface area (Å²) in [6.07, 6.45) is 1.74. The molecule has 0 bridgehead atoms. The van der Waals surface area contributed by atoms with Crippen LogP contribution in [0.15, 0.2) is 41.0 Å². The van der Waals surface area contributed by atoms with Crippen LogP contribution in [-0.4, -0.2) is 18.7 Å². The van der Waals surface area contributed by atoms with Gasteiger partial charge in [-0.2, -0.15) is 0 Å². The van der Waals surface area contributed by atoms with Crippen LogP contribution in [0.4, 0.5) is 0 Å². The summed E-state index contributed by atoms with van der Waals surface area (Å²) < 4.78 is 5.15. The van der Waals surface area contributed by atoms with E-state index in [1.807, 2.05) is 38.1 Å². The number of allylic oxidation sites excluding steroid dienone is 3. The van der Waals surface area contributed by atoms with Crippen molar-refractivity contribution in [2.75, 3.05) is 7.11 Å². The van der Waals surface area contributed by atoms with Crippen molar-refractivity contribution in [3.8, 4) is 5.75 Å². The van der Waals surface area contributed by atoms with Crippen LogP contribution in [-0.2, 0) is 9.59 Å². The number of rotatable bonds is 2. The first kappa shape index (κ1) is 13.3. The van der Waals surface area contributed by atoms with Gasteiger partial charge in [0.25, 0.3) is 0 Å². The normalized spacial score (nSPS) is 17.2. The standard InChI is InChI=1S/C16H16O3/c1-10(2)16-13(14(17)9-15(16)18)8-11-5-4-6-12(7-11)19-3/h4-8H,9H2,1-3H3/b13-8-. The molecule has 1 aliphatic carbocycles. The number of methoxy groups -OCH3 is 1. The molecule has 1 saturated carbocycles. The van der Waals surface area contributed by atoms with Gasteiger partial charge >= 0.3 is 0 Å². The number of hydrogen-bond acceptors (Lipinski definition) is 3. The number of Topliss-reactive ketones (excluding diaryl/α,β-unsaturated/α-hetero) is 2. The van der Waals surface area contributed by atoms with Gasteiger partial charge in [0.1, 0.15) is 5.75 Å². The smallest absolute Gasteiger partial charge is 0.171 e. The van der Waals surface area contributed by atoms with Gasteiger partial charge in [-0.05, 0) is 37.6 Å². The molecule has 3 nitrogen and oxygen atoms in total. The van der Waals surface area contributed by atoms with Crippen LogP contribution < -0.4 is 4.74 Å². The van der Waals surface area contributed by atoms with Gasteiger partial charge < -0.3 is 4.74 Å². The highest BCUT2D eigenvalue weighted by Gasteiger charge is 2.31. The fourth-order valence-electron chi connectivity index (χ4n) is 2.22. The van der Waals surface area contributed by atoms with Crippen LogP contribution in [0.2, 0.25) is 0 Å². The average Bonchev–Trinajstić information content (AvgIpc) is 2.64. The Balaban J connectivity index is 2.49. The average molecular weight is 256 g/mol. The predicted octanol–water partition coefficient (Wildman–Crippen LogP) is 2.96. The molecule has 0 radical (unpaired) electrons. The number of ether oxygens (including phenoxy) is 1. The summed E-state index contributed by atoms with van der Waals surface area (Å²) in [5.41, 5.74) is 2.81. The van der Waals surface area contributed by atoms with Crippen molar-refractivity contribution in [1.29, 1.82) is 0 Å². The molecule has 1 aromatic rings. The SMILES string of the molecule is COc1cccc(/C=C2/C(=O)CC(=O)C2=C(C)C)c1. The van der Waals surface area contributed by atoms with E-state index in [-0.39, 0.29) is 18.0 Å². The summed E-state index contributed by atoms with van der Waals surface area (Å²) >= 11 is 0. The Morgan fingerprint density at radius 2 is 1.95 bits per heavy atom. The molecule has 0 saturated heterocycles. The molecule has 0 aliphatic heterocycles. The molecular weight excluding hydrogens is 240 g/mol. The zero-order valence-electron chi connectivity index (χ0n) is 11.3. The Labute approximate surface area is 112 Å². The van der Waals surface area contributed by atoms with Crippen molar-refractivity contribution in [3.63, 3.8) is 0 Å². The fraction of sp³-hybridized carbons (Fsp3) is 0.250. The van der Waals surface area contributed by atoms with Crippen LogP contribution in [0.25, 0.3) is 6.08 Å². The van der Waals surface area contributed by atoms with E-state index in [0.29, 0.717) is 11.1 Å². The second kappa shape index (κ2) is 5.22. The van der Waals surface area contributed by atoms with Crippen LogP contribution >= 0.6 is 0 Å². The first-order chi connectivity index (χ1) is 9.02. The molecule has 3 heteroatoms. The van der Waals surface area contributed by atoms with Crippen LogP contribution in [0.3, 0.4) is 0 Å². The summed E-state index contributed by atoms with van der Waals surface area (Å²) in [6.45, 7) is 3.70. The van der Waals surface area contributed by atoms with Gasteiger partial charge in [0.15, 0.2) is 11.6 Å². The van der Waals surface area contributed by atoms with Crippen LogP contribution in [0.1, 0.15) is 25.8 Å². The fourth-order valence-corrected chi connectivity index (χ4v) is 2.22. The number of benzene rings is 1. The van der Waals surface area contributed by atoms with Crippen molar-refractivity contribution in [2.45, 2.75) is 20.3 Å². The Hall–Kier alpha value is -2.16. The topological polar surface area (TPSA) is 43.4 Å². The second-order valence-corrected chi connectivity index (χ2v) is 4.73. The minimum Gasteiger partial charge on any atom is -0.497 e. The Morgan fingerprint density at radius 3 is 2.58 bits per heavy atom. The maximum atomic E-state index is 11.9. The van der Waals surface area contributed by atoms with Crippen LogP contribution in [0.5, 0.6) is 5.75 Å². The molecule has 0 spiro atoms. The van der Waals surface area contributed by atoms with Crippen molar-refractivity contribution < 1.29 is 14.3 Å². The predicted molar refractivity (Wildman–Crippen MR) is 74.0 cm³/mol. The van der Waals surface area contributed by atoms with E-state index in [0.717, 1.165) is 16.9 Å². The highest BCUT2D eigenvalue weighted by molar-refractivity contribution is 6.29. The molecule has 0 atom stereocenters. The summed E-state index contributed by atoms with van der Waals surface area (Å²) in [4.78, 5) is 23.7. The first-order valence-electron chi connectivity index (χ1n) is 6.13. The molecule has 19 heavy (non-hydrogen) atoms. The molecular formula is C16H16O3. The van der Waals surface area contributed by atoms with Crippen molar-refractivity contribution >= 4 is 17.6 Å². The molecule has 1 aliphatic rings. The number of hydrogen-bond donors (Lipinski definition) is 0. The lowest BCUT2D eigenvalue weighted by molar-refractivity contribution is -0.120. The minimum absolute atomic E-state index is 0.0175. The van der Waals surface area contributed by atoms with Gasteiger partial charge in [-0.15, -0.1) is 0 Å². The quantitative estimate of drug-likeness (QED) is 0.603. The summed E-state index contributed by atoms with van der Waals surface area (Å²) in [5, 5.41) is 0. The van der Waals surface area contributed by atoms with E-state index in [4.69, 9.17) is 4.74 Å². The summed E-state index contributed by atoms with van der Waals surface area (Å²) in [5.74, 6) is 0.535. The van der Waals surface area contributed by atoms with E-state index in [9.17, 15) is 9.59 Å². The van der Waals surface area contributed by atoms with E-state index >= 15 is 0 Å². The van der Waals surface area contributed by atoms with Gasteiger partial charge in [0.2, 0.25) is 0 Å². The zero-order chi connectivity index (χ0) is 14.0. The molecule has 0 aromatic heterocycles. The third kappa shape index (κ3) is 2.65. The molecule has 1 fully saturated rings.